The Morgan fingerprint density at radius 2 is 2.06 bits per heavy atom. The number of benzene rings is 1. The molecule has 0 spiro atoms. The number of aliphatic hydroxyl groups excluding tert-OH is 2. The zero-order valence-corrected chi connectivity index (χ0v) is 21.5. The van der Waals surface area contributed by atoms with E-state index in [4.69, 9.17) is 12.0 Å². The Bertz CT molecular complexity index is 802. The zero-order valence-electron chi connectivity index (χ0n) is 22.5. The minimum Gasteiger partial charge on any atom is -0.461 e. The molecular weight excluding hydrogens is 473 g/mol. The number of aliphatic hydroxyl groups is 2. The second-order valence-electron chi connectivity index (χ2n) is 9.47. The lowest BCUT2D eigenvalue weighted by Gasteiger charge is -2.24. The summed E-state index contributed by atoms with van der Waals surface area (Å²) in [5.41, 5.74) is 0.952. The normalized spacial score (nSPS) is 24.7. The Labute approximate surface area is 213 Å². The van der Waals surface area contributed by atoms with Crippen molar-refractivity contribution in [1.82, 2.24) is 0 Å². The van der Waals surface area contributed by atoms with Gasteiger partial charge in [0.2, 0.25) is 1.43 Å². The fourth-order valence-corrected chi connectivity index (χ4v) is 4.87. The number of hydrogen-bond donors (Lipinski definition) is 2. The summed E-state index contributed by atoms with van der Waals surface area (Å²) >= 11 is 0. The summed E-state index contributed by atoms with van der Waals surface area (Å²) in [6.07, 6.45) is 5.27. The highest BCUT2D eigenvalue weighted by atomic mass is 31.0. The monoisotopic (exact) mass is 518 g/mol. The Kier molecular flexibility index (Phi) is 11.9. The van der Waals surface area contributed by atoms with Gasteiger partial charge in [-0.15, -0.1) is 0 Å². The van der Waals surface area contributed by atoms with Gasteiger partial charge in [0.15, 0.2) is 0 Å². The van der Waals surface area contributed by atoms with Gasteiger partial charge in [-0.2, -0.15) is 0 Å². The van der Waals surface area contributed by atoms with Crippen molar-refractivity contribution in [2.24, 2.45) is 11.8 Å². The summed E-state index contributed by atoms with van der Waals surface area (Å²) in [5.74, 6) is -3.90. The molecule has 2 rings (SSSR count). The van der Waals surface area contributed by atoms with E-state index in [0.717, 1.165) is 24.8 Å². The van der Waals surface area contributed by atoms with E-state index in [1.165, 1.54) is 6.08 Å². The van der Waals surface area contributed by atoms with Gasteiger partial charge in [0, 0.05) is 34.6 Å². The molecule has 1 fully saturated rings. The van der Waals surface area contributed by atoms with Crippen LogP contribution in [0.25, 0.3) is 0 Å². The fourth-order valence-electron chi connectivity index (χ4n) is 4.62. The molecule has 1 aliphatic rings. The first-order valence-corrected chi connectivity index (χ1v) is 13.1. The third-order valence-electron chi connectivity index (χ3n) is 6.74. The second kappa shape index (κ2) is 15.7. The van der Waals surface area contributed by atoms with Crippen molar-refractivity contribution in [2.45, 2.75) is 102 Å². The highest BCUT2D eigenvalue weighted by molar-refractivity contribution is 7.09. The van der Waals surface area contributed by atoms with E-state index in [9.17, 15) is 18.7 Å². The van der Waals surface area contributed by atoms with E-state index >= 15 is 0 Å². The van der Waals surface area contributed by atoms with Crippen LogP contribution < -0.4 is 0 Å². The van der Waals surface area contributed by atoms with E-state index in [1.54, 1.807) is 6.08 Å². The molecule has 0 radical (unpaired) electrons. The maximum atomic E-state index is 14.4. The molecule has 2 N–H and O–H groups in total. The molecule has 0 aliphatic heterocycles. The van der Waals surface area contributed by atoms with Gasteiger partial charge in [-0.25, -0.2) is 8.78 Å². The molecule has 0 aromatic heterocycles. The minimum atomic E-state index is -3.16. The van der Waals surface area contributed by atoms with Gasteiger partial charge < -0.3 is 19.5 Å². The van der Waals surface area contributed by atoms with E-state index in [2.05, 4.69) is 5.11 Å². The van der Waals surface area contributed by atoms with Crippen LogP contribution in [0.2, 0.25) is 0 Å². The molecule has 8 heteroatoms. The minimum absolute atomic E-state index is 0.191. The number of hydrogen-bond acceptors (Lipinski definition) is 5. The van der Waals surface area contributed by atoms with Crippen LogP contribution in [-0.2, 0) is 20.7 Å². The number of rotatable bonds is 18. The van der Waals surface area contributed by atoms with Gasteiger partial charge in [0.05, 0.1) is 13.5 Å². The summed E-state index contributed by atoms with van der Waals surface area (Å²) in [6.45, 7) is 2.10. The van der Waals surface area contributed by atoms with Gasteiger partial charge >= 0.3 is 5.97 Å². The van der Waals surface area contributed by atoms with Crippen molar-refractivity contribution in [3.05, 3.63) is 48.0 Å². The third kappa shape index (κ3) is 10.2. The van der Waals surface area contributed by atoms with Crippen LogP contribution in [0.3, 0.4) is 0 Å². The van der Waals surface area contributed by atoms with Crippen LogP contribution in [0.5, 0.6) is 0 Å². The van der Waals surface area contributed by atoms with Crippen molar-refractivity contribution in [3.8, 4) is 0 Å². The van der Waals surface area contributed by atoms with Crippen LogP contribution in [0.15, 0.2) is 42.5 Å². The number of unbranched alkanes of at least 4 members (excludes halogenated alkanes) is 4. The lowest BCUT2D eigenvalue weighted by molar-refractivity contribution is -0.145. The lowest BCUT2D eigenvalue weighted by Crippen LogP contribution is -2.32. The molecule has 1 aromatic rings. The number of esters is 1. The van der Waals surface area contributed by atoms with E-state index < -0.39 is 33.6 Å². The van der Waals surface area contributed by atoms with Crippen molar-refractivity contribution in [1.29, 1.82) is 2.71 Å². The Morgan fingerprint density at radius 3 is 2.77 bits per heavy atom. The van der Waals surface area contributed by atoms with Gasteiger partial charge in [-0.3, -0.25) is 4.79 Å². The van der Waals surface area contributed by atoms with Crippen LogP contribution in [0, 0.1) is 11.8 Å². The van der Waals surface area contributed by atoms with Gasteiger partial charge in [0.25, 0.3) is 5.92 Å². The summed E-state index contributed by atoms with van der Waals surface area (Å²) < 4.78 is 54.3. The topological polar surface area (TPSA) is 76.0 Å². The standard InChI is InChI=1S/C27H41F2O5P/c1-2-3-17-27(28,29)25(31)16-15-22-21(23(30)18-24(22)34-35)13-9-4-5-10-14-26(32)33-19-20-11-7-6-8-12-20/h6-8,11-12,15-16,21-25,30-31H,2-5,9-10,13-14,17-19,35H2,1H3/b16-15+/t21?,22-,23+,24-,25?/m1/s1/i31T,35T/t21?,22-,23+,24-,25?,35?. The summed E-state index contributed by atoms with van der Waals surface area (Å²) in [4.78, 5) is 12.0. The molecule has 0 heterocycles. The van der Waals surface area contributed by atoms with Crippen molar-refractivity contribution in [2.75, 3.05) is 0 Å². The largest absolute Gasteiger partial charge is 0.461 e. The zero-order chi connectivity index (χ0) is 27.1. The summed E-state index contributed by atoms with van der Waals surface area (Å²) in [7, 11) is -0.520. The first-order chi connectivity index (χ1) is 17.8. The third-order valence-corrected chi connectivity index (χ3v) is 7.04. The molecule has 3 unspecified atom stereocenters. The average Bonchev–Trinajstić information content (AvgIpc) is 3.18. The van der Waals surface area contributed by atoms with Gasteiger partial charge in [0.1, 0.15) is 12.7 Å². The van der Waals surface area contributed by atoms with Crippen molar-refractivity contribution >= 4 is 15.4 Å². The highest BCUT2D eigenvalue weighted by Gasteiger charge is 2.42. The molecule has 6 atom stereocenters. The summed E-state index contributed by atoms with van der Waals surface area (Å²) in [5, 5.41) is 15.0. The second-order valence-corrected chi connectivity index (χ2v) is 9.71. The first-order valence-electron chi connectivity index (χ1n) is 13.6. The molecule has 198 valence electrons. The Morgan fingerprint density at radius 1 is 1.29 bits per heavy atom. The average molecular weight is 519 g/mol. The Hall–Kier alpha value is -1.40. The SMILES string of the molecule is [3H]OC(/C=C/[C@@H]1C(CCCCCCC(=O)OCc2ccccc2)[C@@H](O)C[C@H]1OP[3H])C(F)(F)CCCC. The molecule has 35 heavy (non-hydrogen) atoms. The molecule has 1 aromatic carbocycles. The maximum Gasteiger partial charge on any atom is 0.306 e. The van der Waals surface area contributed by atoms with Crippen LogP contribution >= 0.6 is 9.41 Å². The molecule has 0 saturated heterocycles. The van der Waals surface area contributed by atoms with E-state index in [1.807, 2.05) is 37.3 Å². The molecule has 0 bridgehead atoms. The first kappa shape index (κ1) is 26.7. The van der Waals surface area contributed by atoms with E-state index in [-0.39, 0.29) is 30.8 Å². The molecular formula is C27H41F2O5P. The number of alkyl halides is 2. The lowest BCUT2D eigenvalue weighted by atomic mass is 9.87. The molecule has 5 nitrogen and oxygen atoms in total. The predicted molar refractivity (Wildman–Crippen MR) is 136 cm³/mol. The maximum absolute atomic E-state index is 14.4. The number of halogens is 2. The highest BCUT2D eigenvalue weighted by Crippen LogP contribution is 2.40. The van der Waals surface area contributed by atoms with Gasteiger partial charge in [-0.05, 0) is 30.7 Å². The van der Waals surface area contributed by atoms with Crippen LogP contribution in [0.4, 0.5) is 8.78 Å². The van der Waals surface area contributed by atoms with E-state index in [0.29, 0.717) is 38.5 Å². The van der Waals surface area contributed by atoms with Crippen molar-refractivity contribution < 1.29 is 33.1 Å². The van der Waals surface area contributed by atoms with Crippen LogP contribution in [-0.4, -0.2) is 43.1 Å². The molecule has 1 aliphatic carbocycles. The number of carbonyl (C=O) groups excluding carboxylic acids is 1. The summed E-state index contributed by atoms with van der Waals surface area (Å²) in [6, 6.07) is 9.53. The van der Waals surface area contributed by atoms with Gasteiger partial charge in [-0.1, -0.05) is 75.1 Å². The quantitative estimate of drug-likeness (QED) is 0.108. The number of carbonyl (C=O) groups is 1. The Balaban J connectivity index is 1.81. The fraction of sp³-hybridized carbons (Fsp3) is 0.667. The van der Waals surface area contributed by atoms with Crippen LogP contribution in [0.1, 0.15) is 76.7 Å². The number of ether oxygens (including phenoxy) is 1. The smallest absolute Gasteiger partial charge is 0.306 e. The van der Waals surface area contributed by atoms with Crippen molar-refractivity contribution in [3.63, 3.8) is 0 Å². The predicted octanol–water partition coefficient (Wildman–Crippen LogP) is 5.99. The molecule has 1 saturated carbocycles. The molecule has 0 amide bonds.